The Morgan fingerprint density at radius 3 is 1.56 bits per heavy atom. The summed E-state index contributed by atoms with van der Waals surface area (Å²) in [4.78, 5) is 8.12. The fourth-order valence-electron chi connectivity index (χ4n) is 2.22. The van der Waals surface area contributed by atoms with Gasteiger partial charge in [-0.25, -0.2) is 0 Å². The van der Waals surface area contributed by atoms with E-state index in [1.54, 1.807) is 18.5 Å². The molecular formula is C24H42BBrN2O4Si2. The van der Waals surface area contributed by atoms with Gasteiger partial charge in [-0.2, -0.15) is 0 Å². The van der Waals surface area contributed by atoms with Gasteiger partial charge in [-0.3, -0.25) is 9.97 Å². The minimum Gasteiger partial charge on any atom is -0.423 e. The highest BCUT2D eigenvalue weighted by Gasteiger charge is 2.37. The van der Waals surface area contributed by atoms with Crippen molar-refractivity contribution in [2.75, 3.05) is 0 Å². The highest BCUT2D eigenvalue weighted by molar-refractivity contribution is 9.10. The summed E-state index contributed by atoms with van der Waals surface area (Å²) in [6.07, 6.45) is 6.78. The van der Waals surface area contributed by atoms with Gasteiger partial charge in [-0.1, -0.05) is 47.6 Å². The zero-order valence-electron chi connectivity index (χ0n) is 22.4. The van der Waals surface area contributed by atoms with Gasteiger partial charge in [0.2, 0.25) is 0 Å². The first-order valence-electron chi connectivity index (χ1n) is 11.5. The van der Waals surface area contributed by atoms with Gasteiger partial charge < -0.3 is 18.9 Å². The fourth-order valence-corrected chi connectivity index (χ4v) is 4.56. The van der Waals surface area contributed by atoms with E-state index < -0.39 is 23.8 Å². The molecule has 0 aliphatic rings. The monoisotopic (exact) mass is 568 g/mol. The van der Waals surface area contributed by atoms with Crippen LogP contribution in [0.3, 0.4) is 0 Å². The van der Waals surface area contributed by atoms with Gasteiger partial charge in [-0.05, 0) is 69.4 Å². The van der Waals surface area contributed by atoms with E-state index >= 15 is 0 Å². The molecule has 2 N–H and O–H groups in total. The van der Waals surface area contributed by atoms with Crippen LogP contribution >= 0.6 is 15.9 Å². The van der Waals surface area contributed by atoms with E-state index in [1.165, 1.54) is 6.20 Å². The minimum absolute atomic E-state index is 0.161. The molecule has 2 aromatic rings. The molecule has 2 heterocycles. The van der Waals surface area contributed by atoms with Crippen molar-refractivity contribution in [1.82, 2.24) is 9.97 Å². The highest BCUT2D eigenvalue weighted by atomic mass is 79.9. The van der Waals surface area contributed by atoms with E-state index in [4.69, 9.17) is 18.9 Å². The quantitative estimate of drug-likeness (QED) is 0.420. The number of pyridine rings is 2. The number of aromatic nitrogens is 2. The maximum absolute atomic E-state index is 9.09. The summed E-state index contributed by atoms with van der Waals surface area (Å²) in [5, 5.41) is 18.6. The number of halogens is 1. The lowest BCUT2D eigenvalue weighted by Crippen LogP contribution is -2.40. The summed E-state index contributed by atoms with van der Waals surface area (Å²) in [7, 11) is -4.91. The first-order chi connectivity index (χ1) is 15.4. The second kappa shape index (κ2) is 12.4. The number of hydrogen-bond acceptors (Lipinski definition) is 6. The molecule has 0 atom stereocenters. The molecule has 0 aromatic carbocycles. The predicted octanol–water partition coefficient (Wildman–Crippen LogP) is 5.65. The van der Waals surface area contributed by atoms with E-state index in [9.17, 15) is 0 Å². The molecule has 0 spiro atoms. The molecule has 0 saturated heterocycles. The second-order valence-corrected chi connectivity index (χ2v) is 22.1. The summed E-state index contributed by atoms with van der Waals surface area (Å²) in [6.45, 7) is 23.3. The van der Waals surface area contributed by atoms with Gasteiger partial charge in [-0.15, -0.1) is 0 Å². The Bertz CT molecular complexity index is 916. The number of rotatable bonds is 7. The van der Waals surface area contributed by atoms with Crippen LogP contribution in [0.15, 0.2) is 41.4 Å². The van der Waals surface area contributed by atoms with Crippen LogP contribution in [0.1, 0.15) is 52.7 Å². The first-order valence-corrected chi connectivity index (χ1v) is 18.1. The molecule has 0 amide bonds. The lowest BCUT2D eigenvalue weighted by molar-refractivity contribution is 0.276. The standard InChI is InChI=1S/C12H22BNO3Si.C12H20BrNOSi/c1-12(2,3)18(4,5)17-9-10-6-11(13(15)16)8-14-7-10;1-12(2,3)16(4,5)15-9-10-6-11(13)8-14-7-10/h6-8,15-16H,9H2,1-5H3;6-8H,9H2,1-5H3. The van der Waals surface area contributed by atoms with Gasteiger partial charge in [0.15, 0.2) is 16.6 Å². The molecule has 6 nitrogen and oxygen atoms in total. The molecule has 2 rings (SSSR count). The molecule has 10 heteroatoms. The third kappa shape index (κ3) is 10.0. The Kier molecular flexibility index (Phi) is 11.3. The summed E-state index contributed by atoms with van der Waals surface area (Å²) in [5.74, 6) is 0. The lowest BCUT2D eigenvalue weighted by atomic mass is 9.81. The smallest absolute Gasteiger partial charge is 0.423 e. The van der Waals surface area contributed by atoms with Crippen LogP contribution in [-0.4, -0.2) is 43.8 Å². The van der Waals surface area contributed by atoms with Crippen molar-refractivity contribution >= 4 is 45.1 Å². The van der Waals surface area contributed by atoms with E-state index in [0.29, 0.717) is 18.7 Å². The largest absolute Gasteiger partial charge is 0.490 e. The third-order valence-electron chi connectivity index (χ3n) is 6.69. The predicted molar refractivity (Wildman–Crippen MR) is 150 cm³/mol. The van der Waals surface area contributed by atoms with E-state index in [-0.39, 0.29) is 10.1 Å². The first kappa shape index (κ1) is 31.1. The topological polar surface area (TPSA) is 84.7 Å². The molecule has 0 bridgehead atoms. The molecule has 2 aromatic heterocycles. The summed E-state index contributed by atoms with van der Waals surface area (Å²) in [5.41, 5.74) is 2.39. The van der Waals surface area contributed by atoms with Crippen molar-refractivity contribution in [2.45, 2.75) is 91.0 Å². The van der Waals surface area contributed by atoms with Crippen molar-refractivity contribution < 1.29 is 18.9 Å². The molecule has 34 heavy (non-hydrogen) atoms. The van der Waals surface area contributed by atoms with Gasteiger partial charge in [0, 0.05) is 34.7 Å². The van der Waals surface area contributed by atoms with Gasteiger partial charge >= 0.3 is 7.12 Å². The maximum Gasteiger partial charge on any atom is 0.490 e. The van der Waals surface area contributed by atoms with Crippen LogP contribution in [0, 0.1) is 0 Å². The van der Waals surface area contributed by atoms with Crippen LogP contribution in [0.5, 0.6) is 0 Å². The number of hydrogen-bond donors (Lipinski definition) is 2. The molecule has 0 fully saturated rings. The van der Waals surface area contributed by atoms with Gasteiger partial charge in [0.25, 0.3) is 0 Å². The Labute approximate surface area is 217 Å². The average molecular weight is 569 g/mol. The Morgan fingerprint density at radius 2 is 1.18 bits per heavy atom. The SMILES string of the molecule is CC(C)(C)[Si](C)(C)OCc1cncc(B(O)O)c1.CC(C)(C)[Si](C)(C)OCc1cncc(Br)c1. The summed E-state index contributed by atoms with van der Waals surface area (Å²) in [6, 6.07) is 3.77. The molecule has 190 valence electrons. The van der Waals surface area contributed by atoms with Crippen molar-refractivity contribution in [2.24, 2.45) is 0 Å². The Morgan fingerprint density at radius 1 is 0.765 bits per heavy atom. The Balaban J connectivity index is 0.000000342. The van der Waals surface area contributed by atoms with Crippen LogP contribution in [0.25, 0.3) is 0 Å². The molecule has 0 radical (unpaired) electrons. The lowest BCUT2D eigenvalue weighted by Gasteiger charge is -2.36. The van der Waals surface area contributed by atoms with E-state index in [2.05, 4.69) is 99.7 Å². The Hall–Kier alpha value is -0.881. The normalized spacial score (nSPS) is 12.7. The molecule has 0 aliphatic heterocycles. The minimum atomic E-state index is -1.79. The van der Waals surface area contributed by atoms with Crippen LogP contribution in [-0.2, 0) is 22.1 Å². The van der Waals surface area contributed by atoms with E-state index in [0.717, 1.165) is 15.6 Å². The highest BCUT2D eigenvalue weighted by Crippen LogP contribution is 2.37. The van der Waals surface area contributed by atoms with Crippen molar-refractivity contribution in [3.05, 3.63) is 52.5 Å². The van der Waals surface area contributed by atoms with Gasteiger partial charge in [0.05, 0.1) is 13.2 Å². The van der Waals surface area contributed by atoms with Crippen LogP contribution in [0.4, 0.5) is 0 Å². The maximum atomic E-state index is 9.09. The average Bonchev–Trinajstić information content (AvgIpc) is 2.70. The summed E-state index contributed by atoms with van der Waals surface area (Å²) >= 11 is 3.42. The van der Waals surface area contributed by atoms with Crippen molar-refractivity contribution in [1.29, 1.82) is 0 Å². The number of nitrogens with zero attached hydrogens (tertiary/aromatic N) is 2. The zero-order valence-corrected chi connectivity index (χ0v) is 26.0. The van der Waals surface area contributed by atoms with E-state index in [1.807, 2.05) is 6.20 Å². The molecule has 0 saturated carbocycles. The van der Waals surface area contributed by atoms with Gasteiger partial charge in [0.1, 0.15) is 0 Å². The van der Waals surface area contributed by atoms with Crippen LogP contribution < -0.4 is 5.46 Å². The molecule has 0 unspecified atom stereocenters. The second-order valence-electron chi connectivity index (χ2n) is 11.6. The third-order valence-corrected chi connectivity index (χ3v) is 16.1. The molecular weight excluding hydrogens is 527 g/mol. The van der Waals surface area contributed by atoms with Crippen molar-refractivity contribution in [3.8, 4) is 0 Å². The zero-order chi connectivity index (χ0) is 26.4. The van der Waals surface area contributed by atoms with Crippen LogP contribution in [0.2, 0.25) is 36.3 Å². The summed E-state index contributed by atoms with van der Waals surface area (Å²) < 4.78 is 13.2. The fraction of sp³-hybridized carbons (Fsp3) is 0.583. The van der Waals surface area contributed by atoms with Crippen molar-refractivity contribution in [3.63, 3.8) is 0 Å². The molecule has 0 aliphatic carbocycles.